The van der Waals surface area contributed by atoms with Crippen LogP contribution in [0.15, 0.2) is 18.2 Å². The Morgan fingerprint density at radius 1 is 1.64 bits per heavy atom. The molecule has 0 radical (unpaired) electrons. The van der Waals surface area contributed by atoms with Gasteiger partial charge in [0.05, 0.1) is 11.6 Å². The summed E-state index contributed by atoms with van der Waals surface area (Å²) >= 11 is 0. The highest BCUT2D eigenvalue weighted by Crippen LogP contribution is 2.16. The fourth-order valence-electron chi connectivity index (χ4n) is 0.982. The van der Waals surface area contributed by atoms with Crippen molar-refractivity contribution in [2.75, 3.05) is 0 Å². The predicted octanol–water partition coefficient (Wildman–Crippen LogP) is 0.782. The van der Waals surface area contributed by atoms with Crippen molar-refractivity contribution in [2.45, 2.75) is 6.04 Å². The third-order valence-corrected chi connectivity index (χ3v) is 1.73. The molecule has 1 aromatic rings. The molecule has 0 aliphatic rings. The van der Waals surface area contributed by atoms with Gasteiger partial charge in [-0.15, -0.1) is 0 Å². The van der Waals surface area contributed by atoms with E-state index in [2.05, 4.69) is 0 Å². The van der Waals surface area contributed by atoms with Crippen molar-refractivity contribution in [1.29, 1.82) is 5.26 Å². The molecule has 0 heterocycles. The van der Waals surface area contributed by atoms with E-state index in [9.17, 15) is 9.18 Å². The zero-order valence-electron chi connectivity index (χ0n) is 7.07. The average Bonchev–Trinajstić information content (AvgIpc) is 2.16. The SMILES string of the molecule is N#Cc1ccc(C(N)C(=O)O)c(F)c1. The fraction of sp³-hybridized carbons (Fsp3) is 0.111. The molecule has 0 aliphatic carbocycles. The maximum atomic E-state index is 13.2. The summed E-state index contributed by atoms with van der Waals surface area (Å²) in [6, 6.07) is 3.81. The first kappa shape index (κ1) is 10.2. The molecule has 72 valence electrons. The Hall–Kier alpha value is -1.93. The van der Waals surface area contributed by atoms with Crippen LogP contribution in [-0.2, 0) is 4.79 Å². The zero-order valence-corrected chi connectivity index (χ0v) is 7.07. The Morgan fingerprint density at radius 3 is 2.71 bits per heavy atom. The Balaban J connectivity index is 3.13. The molecule has 0 aliphatic heterocycles. The maximum absolute atomic E-state index is 13.2. The van der Waals surface area contributed by atoms with Crippen molar-refractivity contribution >= 4 is 5.97 Å². The van der Waals surface area contributed by atoms with Crippen LogP contribution in [0, 0.1) is 17.1 Å². The van der Waals surface area contributed by atoms with Gasteiger partial charge >= 0.3 is 5.97 Å². The number of halogens is 1. The van der Waals surface area contributed by atoms with Gasteiger partial charge in [0.2, 0.25) is 0 Å². The third kappa shape index (κ3) is 1.87. The maximum Gasteiger partial charge on any atom is 0.325 e. The van der Waals surface area contributed by atoms with Gasteiger partial charge < -0.3 is 10.8 Å². The van der Waals surface area contributed by atoms with Crippen LogP contribution in [0.4, 0.5) is 4.39 Å². The third-order valence-electron chi connectivity index (χ3n) is 1.73. The number of nitriles is 1. The van der Waals surface area contributed by atoms with Crippen molar-refractivity contribution in [1.82, 2.24) is 0 Å². The van der Waals surface area contributed by atoms with Crippen LogP contribution in [0.5, 0.6) is 0 Å². The highest BCUT2D eigenvalue weighted by atomic mass is 19.1. The number of hydrogen-bond donors (Lipinski definition) is 2. The summed E-state index contributed by atoms with van der Waals surface area (Å²) < 4.78 is 13.2. The van der Waals surface area contributed by atoms with Crippen LogP contribution in [0.3, 0.4) is 0 Å². The molecule has 3 N–H and O–H groups in total. The molecule has 0 aromatic heterocycles. The summed E-state index contributed by atoms with van der Waals surface area (Å²) in [7, 11) is 0. The normalized spacial score (nSPS) is 11.8. The van der Waals surface area contributed by atoms with E-state index in [0.29, 0.717) is 0 Å². The smallest absolute Gasteiger partial charge is 0.325 e. The molecule has 14 heavy (non-hydrogen) atoms. The van der Waals surface area contributed by atoms with Crippen molar-refractivity contribution < 1.29 is 14.3 Å². The first-order valence-electron chi connectivity index (χ1n) is 3.74. The topological polar surface area (TPSA) is 87.1 Å². The number of nitrogens with two attached hydrogens (primary N) is 1. The molecule has 1 atom stereocenters. The first-order chi connectivity index (χ1) is 6.56. The molecule has 0 saturated carbocycles. The van der Waals surface area contributed by atoms with Gasteiger partial charge in [0, 0.05) is 5.56 Å². The molecule has 0 saturated heterocycles. The lowest BCUT2D eigenvalue weighted by Gasteiger charge is -2.07. The Bertz CT molecular complexity index is 412. The van der Waals surface area contributed by atoms with Gasteiger partial charge in [-0.2, -0.15) is 5.26 Å². The summed E-state index contributed by atoms with van der Waals surface area (Å²) in [5.41, 5.74) is 5.21. The van der Waals surface area contributed by atoms with Gasteiger partial charge in [0.15, 0.2) is 0 Å². The van der Waals surface area contributed by atoms with Crippen molar-refractivity contribution in [2.24, 2.45) is 5.73 Å². The van der Waals surface area contributed by atoms with Gasteiger partial charge in [-0.1, -0.05) is 6.07 Å². The molecule has 0 spiro atoms. The summed E-state index contributed by atoms with van der Waals surface area (Å²) in [5.74, 6) is -2.09. The van der Waals surface area contributed by atoms with E-state index in [1.807, 2.05) is 0 Å². The van der Waals surface area contributed by atoms with E-state index in [0.717, 1.165) is 6.07 Å². The summed E-state index contributed by atoms with van der Waals surface area (Å²) in [6.07, 6.45) is 0. The predicted molar refractivity (Wildman–Crippen MR) is 45.7 cm³/mol. The Kier molecular flexibility index (Phi) is 2.79. The van der Waals surface area contributed by atoms with Crippen LogP contribution >= 0.6 is 0 Å². The molecule has 5 heteroatoms. The van der Waals surface area contributed by atoms with Crippen molar-refractivity contribution in [3.05, 3.63) is 35.1 Å². The Labute approximate surface area is 79.4 Å². The van der Waals surface area contributed by atoms with Crippen LogP contribution in [0.1, 0.15) is 17.2 Å². The van der Waals surface area contributed by atoms with Crippen LogP contribution in [-0.4, -0.2) is 11.1 Å². The lowest BCUT2D eigenvalue weighted by atomic mass is 10.1. The molecule has 1 rings (SSSR count). The Morgan fingerprint density at radius 2 is 2.29 bits per heavy atom. The molecule has 1 aromatic carbocycles. The lowest BCUT2D eigenvalue weighted by Crippen LogP contribution is -2.21. The van der Waals surface area contributed by atoms with E-state index in [1.54, 1.807) is 6.07 Å². The van der Waals surface area contributed by atoms with Gasteiger partial charge in [0.1, 0.15) is 11.9 Å². The van der Waals surface area contributed by atoms with Crippen LogP contribution < -0.4 is 5.73 Å². The van der Waals surface area contributed by atoms with Crippen molar-refractivity contribution in [3.63, 3.8) is 0 Å². The molecule has 0 amide bonds. The minimum absolute atomic E-state index is 0.128. The molecule has 1 unspecified atom stereocenters. The number of nitrogens with zero attached hydrogens (tertiary/aromatic N) is 1. The number of aliphatic carboxylic acids is 1. The second kappa shape index (κ2) is 3.85. The number of carboxylic acid groups (broad SMARTS) is 1. The molecular formula is C9H7FN2O2. The molecule has 0 fully saturated rings. The van der Waals surface area contributed by atoms with Crippen molar-refractivity contribution in [3.8, 4) is 6.07 Å². The van der Waals surface area contributed by atoms with Gasteiger partial charge in [0.25, 0.3) is 0 Å². The molecular weight excluding hydrogens is 187 g/mol. The average molecular weight is 194 g/mol. The summed E-state index contributed by atoms with van der Waals surface area (Å²) in [5, 5.41) is 17.0. The van der Waals surface area contributed by atoms with E-state index in [4.69, 9.17) is 16.1 Å². The number of rotatable bonds is 2. The number of hydrogen-bond acceptors (Lipinski definition) is 3. The zero-order chi connectivity index (χ0) is 10.7. The molecule has 0 bridgehead atoms. The number of carbonyl (C=O) groups is 1. The van der Waals surface area contributed by atoms with Gasteiger partial charge in [-0.05, 0) is 12.1 Å². The standard InChI is InChI=1S/C9H7FN2O2/c10-7-3-5(4-11)1-2-6(7)8(12)9(13)14/h1-3,8H,12H2,(H,13,14). The number of carboxylic acids is 1. The minimum Gasteiger partial charge on any atom is -0.480 e. The minimum atomic E-state index is -1.40. The largest absolute Gasteiger partial charge is 0.480 e. The highest BCUT2D eigenvalue weighted by Gasteiger charge is 2.18. The fourth-order valence-corrected chi connectivity index (χ4v) is 0.982. The number of benzene rings is 1. The van der Waals surface area contributed by atoms with Gasteiger partial charge in [-0.25, -0.2) is 4.39 Å². The quantitative estimate of drug-likeness (QED) is 0.728. The highest BCUT2D eigenvalue weighted by molar-refractivity contribution is 5.75. The molecule has 4 nitrogen and oxygen atoms in total. The van der Waals surface area contributed by atoms with Crippen LogP contribution in [0.2, 0.25) is 0 Å². The van der Waals surface area contributed by atoms with Gasteiger partial charge in [-0.3, -0.25) is 4.79 Å². The van der Waals surface area contributed by atoms with Crippen LogP contribution in [0.25, 0.3) is 0 Å². The van der Waals surface area contributed by atoms with E-state index in [-0.39, 0.29) is 11.1 Å². The van der Waals surface area contributed by atoms with E-state index < -0.39 is 17.8 Å². The second-order valence-electron chi connectivity index (χ2n) is 2.66. The van der Waals surface area contributed by atoms with E-state index in [1.165, 1.54) is 12.1 Å². The second-order valence-corrected chi connectivity index (χ2v) is 2.66. The lowest BCUT2D eigenvalue weighted by molar-refractivity contribution is -0.138. The monoisotopic (exact) mass is 194 g/mol. The summed E-state index contributed by atoms with van der Waals surface area (Å²) in [6.45, 7) is 0. The first-order valence-corrected chi connectivity index (χ1v) is 3.74. The van der Waals surface area contributed by atoms with E-state index >= 15 is 0 Å². The summed E-state index contributed by atoms with van der Waals surface area (Å²) in [4.78, 5) is 10.4.